The van der Waals surface area contributed by atoms with Crippen LogP contribution in [0.3, 0.4) is 0 Å². The van der Waals surface area contributed by atoms with Gasteiger partial charge >= 0.3 is 0 Å². The van der Waals surface area contributed by atoms with Crippen LogP contribution in [0.25, 0.3) is 0 Å². The highest BCUT2D eigenvalue weighted by Crippen LogP contribution is 2.05. The predicted octanol–water partition coefficient (Wildman–Crippen LogP) is 1.54. The van der Waals surface area contributed by atoms with Crippen LogP contribution < -0.4 is 11.3 Å². The number of nitrogens with two attached hydrogens (primary N) is 1. The van der Waals surface area contributed by atoms with Crippen LogP contribution in [0.1, 0.15) is 19.4 Å². The Morgan fingerprint density at radius 1 is 1.50 bits per heavy atom. The summed E-state index contributed by atoms with van der Waals surface area (Å²) in [4.78, 5) is 4.08. The number of pyridine rings is 1. The van der Waals surface area contributed by atoms with Gasteiger partial charge in [-0.05, 0) is 17.5 Å². The largest absolute Gasteiger partial charge is 0.376 e. The minimum absolute atomic E-state index is 0.563. The van der Waals surface area contributed by atoms with Crippen molar-refractivity contribution in [1.29, 1.82) is 0 Å². The fourth-order valence-electron chi connectivity index (χ4n) is 1.01. The summed E-state index contributed by atoms with van der Waals surface area (Å²) in [5.74, 6) is 6.42. The highest BCUT2D eigenvalue weighted by molar-refractivity contribution is 5.33. The molecular weight excluding hydrogens is 178 g/mol. The zero-order valence-corrected chi connectivity index (χ0v) is 8.66. The van der Waals surface area contributed by atoms with Crippen LogP contribution in [0.4, 0.5) is 5.82 Å². The van der Waals surface area contributed by atoms with E-state index in [1.165, 1.54) is 0 Å². The molecule has 1 aromatic heterocycles. The smallest absolute Gasteiger partial charge is 0.139 e. The average molecular weight is 195 g/mol. The van der Waals surface area contributed by atoms with Crippen molar-refractivity contribution in [3.05, 3.63) is 23.9 Å². The van der Waals surface area contributed by atoms with Crippen molar-refractivity contribution in [2.75, 3.05) is 12.0 Å². The van der Waals surface area contributed by atoms with Crippen LogP contribution in [0, 0.1) is 5.92 Å². The molecule has 0 aliphatic rings. The van der Waals surface area contributed by atoms with Gasteiger partial charge in [-0.25, -0.2) is 10.8 Å². The molecular formula is C10H17N3O. The molecule has 0 spiro atoms. The summed E-state index contributed by atoms with van der Waals surface area (Å²) in [5, 5.41) is 0. The minimum Gasteiger partial charge on any atom is -0.376 e. The monoisotopic (exact) mass is 195 g/mol. The van der Waals surface area contributed by atoms with Crippen molar-refractivity contribution in [2.24, 2.45) is 11.8 Å². The summed E-state index contributed by atoms with van der Waals surface area (Å²) in [5.41, 5.74) is 3.54. The van der Waals surface area contributed by atoms with E-state index in [1.807, 2.05) is 12.1 Å². The maximum Gasteiger partial charge on any atom is 0.139 e. The van der Waals surface area contributed by atoms with Crippen molar-refractivity contribution < 1.29 is 4.74 Å². The maximum absolute atomic E-state index is 5.46. The molecule has 4 heteroatoms. The Hall–Kier alpha value is -1.13. The Morgan fingerprint density at radius 3 is 2.79 bits per heavy atom. The molecule has 0 aliphatic heterocycles. The predicted molar refractivity (Wildman–Crippen MR) is 56.5 cm³/mol. The zero-order valence-electron chi connectivity index (χ0n) is 8.66. The molecule has 1 rings (SSSR count). The molecule has 0 saturated heterocycles. The number of nitrogens with zero attached hydrogens (tertiary/aromatic N) is 1. The summed E-state index contributed by atoms with van der Waals surface area (Å²) >= 11 is 0. The van der Waals surface area contributed by atoms with Crippen molar-refractivity contribution in [3.8, 4) is 0 Å². The number of hydrazine groups is 1. The molecule has 78 valence electrons. The number of hydrogen-bond acceptors (Lipinski definition) is 4. The van der Waals surface area contributed by atoms with Crippen LogP contribution in [0.5, 0.6) is 0 Å². The zero-order chi connectivity index (χ0) is 10.4. The van der Waals surface area contributed by atoms with E-state index in [0.29, 0.717) is 18.3 Å². The van der Waals surface area contributed by atoms with Gasteiger partial charge in [-0.15, -0.1) is 0 Å². The fraction of sp³-hybridized carbons (Fsp3) is 0.500. The number of aromatic nitrogens is 1. The molecule has 0 amide bonds. The molecule has 0 saturated carbocycles. The van der Waals surface area contributed by atoms with Crippen LogP contribution in [0.15, 0.2) is 18.3 Å². The van der Waals surface area contributed by atoms with Crippen molar-refractivity contribution >= 4 is 5.82 Å². The quantitative estimate of drug-likeness (QED) is 0.552. The van der Waals surface area contributed by atoms with Crippen LogP contribution >= 0.6 is 0 Å². The fourth-order valence-corrected chi connectivity index (χ4v) is 1.01. The Balaban J connectivity index is 2.36. The highest BCUT2D eigenvalue weighted by Gasteiger charge is 1.97. The van der Waals surface area contributed by atoms with Gasteiger partial charge in [0.25, 0.3) is 0 Å². The lowest BCUT2D eigenvalue weighted by Crippen LogP contribution is -2.08. The SMILES string of the molecule is CC(C)COCc1ccc(NN)nc1. The second-order valence-electron chi connectivity index (χ2n) is 3.61. The number of nitrogens with one attached hydrogen (secondary N) is 1. The normalized spacial score (nSPS) is 10.6. The first-order valence-corrected chi connectivity index (χ1v) is 4.71. The Bertz CT molecular complexity index is 259. The number of ether oxygens (including phenoxy) is 1. The first-order valence-electron chi connectivity index (χ1n) is 4.71. The second-order valence-corrected chi connectivity index (χ2v) is 3.61. The highest BCUT2D eigenvalue weighted by atomic mass is 16.5. The number of nitrogen functional groups attached to an aromatic ring is 1. The van der Waals surface area contributed by atoms with Gasteiger partial charge in [0.05, 0.1) is 6.61 Å². The lowest BCUT2D eigenvalue weighted by Gasteiger charge is -2.06. The third kappa shape index (κ3) is 3.72. The van der Waals surface area contributed by atoms with E-state index in [0.717, 1.165) is 12.2 Å². The van der Waals surface area contributed by atoms with Gasteiger partial charge in [0, 0.05) is 12.8 Å². The topological polar surface area (TPSA) is 60.2 Å². The Labute approximate surface area is 84.4 Å². The van der Waals surface area contributed by atoms with Gasteiger partial charge < -0.3 is 10.2 Å². The van der Waals surface area contributed by atoms with Crippen molar-refractivity contribution in [1.82, 2.24) is 4.98 Å². The van der Waals surface area contributed by atoms with Gasteiger partial charge in [-0.3, -0.25) is 0 Å². The van der Waals surface area contributed by atoms with Gasteiger partial charge in [0.2, 0.25) is 0 Å². The summed E-state index contributed by atoms with van der Waals surface area (Å²) in [6.45, 7) is 5.63. The third-order valence-electron chi connectivity index (χ3n) is 1.69. The van der Waals surface area contributed by atoms with E-state index in [2.05, 4.69) is 24.3 Å². The number of anilines is 1. The molecule has 3 N–H and O–H groups in total. The number of hydrogen-bond donors (Lipinski definition) is 2. The molecule has 4 nitrogen and oxygen atoms in total. The molecule has 0 aromatic carbocycles. The third-order valence-corrected chi connectivity index (χ3v) is 1.69. The van der Waals surface area contributed by atoms with Gasteiger partial charge in [0.1, 0.15) is 5.82 Å². The van der Waals surface area contributed by atoms with E-state index >= 15 is 0 Å². The summed E-state index contributed by atoms with van der Waals surface area (Å²) < 4.78 is 5.46. The van der Waals surface area contributed by atoms with E-state index < -0.39 is 0 Å². The molecule has 1 aromatic rings. The second kappa shape index (κ2) is 5.57. The summed E-state index contributed by atoms with van der Waals surface area (Å²) in [6.07, 6.45) is 1.76. The molecule has 14 heavy (non-hydrogen) atoms. The van der Waals surface area contributed by atoms with Crippen LogP contribution in [-0.2, 0) is 11.3 Å². The average Bonchev–Trinajstić information content (AvgIpc) is 2.18. The summed E-state index contributed by atoms with van der Waals surface area (Å²) in [7, 11) is 0. The molecule has 0 bridgehead atoms. The van der Waals surface area contributed by atoms with Gasteiger partial charge in [-0.1, -0.05) is 19.9 Å². The minimum atomic E-state index is 0.563. The van der Waals surface area contributed by atoms with Crippen LogP contribution in [-0.4, -0.2) is 11.6 Å². The van der Waals surface area contributed by atoms with E-state index in [-0.39, 0.29) is 0 Å². The number of rotatable bonds is 5. The lowest BCUT2D eigenvalue weighted by atomic mass is 10.2. The van der Waals surface area contributed by atoms with E-state index in [1.54, 1.807) is 6.20 Å². The van der Waals surface area contributed by atoms with Crippen molar-refractivity contribution in [2.45, 2.75) is 20.5 Å². The maximum atomic E-state index is 5.46. The molecule has 0 unspecified atom stereocenters. The Morgan fingerprint density at radius 2 is 2.29 bits per heavy atom. The first-order chi connectivity index (χ1) is 6.72. The van der Waals surface area contributed by atoms with Crippen LogP contribution in [0.2, 0.25) is 0 Å². The van der Waals surface area contributed by atoms with Crippen molar-refractivity contribution in [3.63, 3.8) is 0 Å². The van der Waals surface area contributed by atoms with Gasteiger partial charge in [0.15, 0.2) is 0 Å². The first kappa shape index (κ1) is 10.9. The lowest BCUT2D eigenvalue weighted by molar-refractivity contribution is 0.0969. The van der Waals surface area contributed by atoms with E-state index in [4.69, 9.17) is 10.6 Å². The molecule has 0 radical (unpaired) electrons. The molecule has 0 fully saturated rings. The van der Waals surface area contributed by atoms with E-state index in [9.17, 15) is 0 Å². The van der Waals surface area contributed by atoms with Gasteiger partial charge in [-0.2, -0.15) is 0 Å². The summed E-state index contributed by atoms with van der Waals surface area (Å²) in [6, 6.07) is 3.77. The Kier molecular flexibility index (Phi) is 4.35. The molecule has 1 heterocycles. The molecule has 0 atom stereocenters. The standard InChI is InChI=1S/C10H17N3O/c1-8(2)6-14-7-9-3-4-10(13-11)12-5-9/h3-5,8H,6-7,11H2,1-2H3,(H,12,13). The molecule has 0 aliphatic carbocycles.